The molecule has 0 aromatic carbocycles. The normalized spacial score (nSPS) is 18.4. The number of halogens is 2. The lowest BCUT2D eigenvalue weighted by atomic mass is 10.2. The number of anilines is 1. The van der Waals surface area contributed by atoms with E-state index in [1.807, 2.05) is 23.6 Å². The highest BCUT2D eigenvalue weighted by atomic mass is 19.3. The average molecular weight is 337 g/mol. The Kier molecular flexibility index (Phi) is 4.94. The molecule has 1 atom stereocenters. The van der Waals surface area contributed by atoms with Crippen molar-refractivity contribution in [2.75, 3.05) is 25.0 Å². The Morgan fingerprint density at radius 2 is 2.33 bits per heavy atom. The second-order valence-electron chi connectivity index (χ2n) is 6.09. The van der Waals surface area contributed by atoms with E-state index < -0.39 is 6.43 Å². The Morgan fingerprint density at radius 1 is 1.50 bits per heavy atom. The molecule has 0 radical (unpaired) electrons. The van der Waals surface area contributed by atoms with Gasteiger partial charge in [0, 0.05) is 31.2 Å². The monoisotopic (exact) mass is 337 g/mol. The Balaban J connectivity index is 1.55. The van der Waals surface area contributed by atoms with Gasteiger partial charge in [0.25, 0.3) is 6.43 Å². The third-order valence-corrected chi connectivity index (χ3v) is 4.30. The predicted molar refractivity (Wildman–Crippen MR) is 87.5 cm³/mol. The van der Waals surface area contributed by atoms with Crippen molar-refractivity contribution in [2.24, 2.45) is 0 Å². The van der Waals surface area contributed by atoms with Crippen molar-refractivity contribution < 1.29 is 13.6 Å². The first-order valence-electron chi connectivity index (χ1n) is 8.03. The van der Waals surface area contributed by atoms with Gasteiger partial charge in [0.1, 0.15) is 5.65 Å². The van der Waals surface area contributed by atoms with Gasteiger partial charge < -0.3 is 15.0 Å². The molecule has 2 amide bonds. The zero-order valence-electron chi connectivity index (χ0n) is 13.5. The second kappa shape index (κ2) is 7.12. The summed E-state index contributed by atoms with van der Waals surface area (Å²) in [5.41, 5.74) is 2.46. The maximum absolute atomic E-state index is 12.5. The fourth-order valence-corrected chi connectivity index (χ4v) is 3.21. The Bertz CT molecular complexity index is 718. The number of likely N-dealkylation sites (tertiary alicyclic amines) is 1. The maximum Gasteiger partial charge on any atom is 0.319 e. The molecule has 2 aromatic rings. The molecule has 2 N–H and O–H groups in total. The van der Waals surface area contributed by atoms with Crippen molar-refractivity contribution in [3.8, 4) is 0 Å². The van der Waals surface area contributed by atoms with Crippen LogP contribution in [-0.2, 0) is 0 Å². The summed E-state index contributed by atoms with van der Waals surface area (Å²) >= 11 is 0. The molecule has 1 unspecified atom stereocenters. The quantitative estimate of drug-likeness (QED) is 0.881. The first-order chi connectivity index (χ1) is 11.5. The number of amides is 2. The van der Waals surface area contributed by atoms with Gasteiger partial charge in [0.15, 0.2) is 0 Å². The molecule has 1 fully saturated rings. The smallest absolute Gasteiger partial charge is 0.319 e. The van der Waals surface area contributed by atoms with Gasteiger partial charge in [-0.25, -0.2) is 18.6 Å². The molecule has 1 aliphatic heterocycles. The van der Waals surface area contributed by atoms with Gasteiger partial charge in [0.2, 0.25) is 0 Å². The van der Waals surface area contributed by atoms with Gasteiger partial charge in [-0.1, -0.05) is 0 Å². The molecule has 0 saturated carbocycles. The number of rotatable bonds is 5. The summed E-state index contributed by atoms with van der Waals surface area (Å²) in [4.78, 5) is 18.0. The van der Waals surface area contributed by atoms with Crippen LogP contribution >= 0.6 is 0 Å². The molecule has 1 aliphatic rings. The van der Waals surface area contributed by atoms with E-state index in [0.29, 0.717) is 18.8 Å². The number of nitrogens with one attached hydrogen (secondary N) is 2. The van der Waals surface area contributed by atoms with Crippen molar-refractivity contribution in [1.29, 1.82) is 0 Å². The van der Waals surface area contributed by atoms with E-state index in [1.54, 1.807) is 17.3 Å². The van der Waals surface area contributed by atoms with E-state index in [1.165, 1.54) is 0 Å². The number of carbonyl (C=O) groups excluding carboxylic acids is 1. The number of imidazole rings is 1. The van der Waals surface area contributed by atoms with Gasteiger partial charge >= 0.3 is 6.03 Å². The molecule has 0 bridgehead atoms. The molecule has 130 valence electrons. The number of urea groups is 1. The van der Waals surface area contributed by atoms with E-state index in [0.717, 1.165) is 24.1 Å². The minimum absolute atomic E-state index is 0.0254. The van der Waals surface area contributed by atoms with Crippen molar-refractivity contribution >= 4 is 17.4 Å². The predicted octanol–water partition coefficient (Wildman–Crippen LogP) is 2.49. The second-order valence-corrected chi connectivity index (χ2v) is 6.09. The highest BCUT2D eigenvalue weighted by Gasteiger charge is 2.26. The average Bonchev–Trinajstić information content (AvgIpc) is 3.14. The fraction of sp³-hybridized carbons (Fsp3) is 0.500. The number of nitrogens with zero attached hydrogens (tertiary/aromatic N) is 3. The zero-order valence-corrected chi connectivity index (χ0v) is 13.5. The number of aromatic nitrogens is 2. The highest BCUT2D eigenvalue weighted by Crippen LogP contribution is 2.18. The van der Waals surface area contributed by atoms with E-state index in [9.17, 15) is 13.6 Å². The third kappa shape index (κ3) is 3.81. The molecule has 3 rings (SSSR count). The topological polar surface area (TPSA) is 61.7 Å². The summed E-state index contributed by atoms with van der Waals surface area (Å²) in [7, 11) is 0. The molecule has 1 saturated heterocycles. The molecular formula is C16H21F2N5O. The third-order valence-electron chi connectivity index (χ3n) is 4.30. The van der Waals surface area contributed by atoms with Gasteiger partial charge in [-0.2, -0.15) is 0 Å². The van der Waals surface area contributed by atoms with Crippen LogP contribution < -0.4 is 10.6 Å². The Morgan fingerprint density at radius 3 is 3.12 bits per heavy atom. The minimum Gasteiger partial charge on any atom is -0.336 e. The van der Waals surface area contributed by atoms with Crippen LogP contribution in [0.4, 0.5) is 19.3 Å². The first kappa shape index (κ1) is 16.6. The first-order valence-corrected chi connectivity index (χ1v) is 8.03. The molecule has 2 aromatic heterocycles. The van der Waals surface area contributed by atoms with Crippen LogP contribution in [0.15, 0.2) is 24.7 Å². The van der Waals surface area contributed by atoms with E-state index in [-0.39, 0.29) is 18.6 Å². The largest absolute Gasteiger partial charge is 0.336 e. The number of aryl methyl sites for hydroxylation is 1. The van der Waals surface area contributed by atoms with Crippen molar-refractivity contribution in [1.82, 2.24) is 19.6 Å². The Hall–Kier alpha value is -2.22. The van der Waals surface area contributed by atoms with Crippen molar-refractivity contribution in [3.63, 3.8) is 0 Å². The van der Waals surface area contributed by atoms with Gasteiger partial charge in [0.05, 0.1) is 12.2 Å². The fourth-order valence-electron chi connectivity index (χ4n) is 3.21. The lowest BCUT2D eigenvalue weighted by molar-refractivity contribution is 0.0826. The number of alkyl halides is 2. The Labute approximate surface area is 138 Å². The lowest BCUT2D eigenvalue weighted by Gasteiger charge is -2.24. The summed E-state index contributed by atoms with van der Waals surface area (Å²) < 4.78 is 26.9. The van der Waals surface area contributed by atoms with Crippen molar-refractivity contribution in [3.05, 3.63) is 30.2 Å². The standard InChI is InChI=1S/C16H21F2N5O/c1-11-7-12(9-23-6-4-19-15(11)23)21-16(24)20-8-13-3-2-5-22(13)10-14(17)18/h4,6-7,9,13-14H,2-3,5,8,10H2,1H3,(H2,20,21,24). The van der Waals surface area contributed by atoms with Gasteiger partial charge in [-0.15, -0.1) is 0 Å². The summed E-state index contributed by atoms with van der Waals surface area (Å²) in [6, 6.07) is 1.49. The lowest BCUT2D eigenvalue weighted by Crippen LogP contribution is -2.43. The van der Waals surface area contributed by atoms with Crippen LogP contribution in [0.25, 0.3) is 5.65 Å². The van der Waals surface area contributed by atoms with Crippen LogP contribution in [0.2, 0.25) is 0 Å². The van der Waals surface area contributed by atoms with E-state index in [2.05, 4.69) is 15.6 Å². The minimum atomic E-state index is -2.34. The number of hydrogen-bond donors (Lipinski definition) is 2. The van der Waals surface area contributed by atoms with Crippen LogP contribution in [0.3, 0.4) is 0 Å². The summed E-state index contributed by atoms with van der Waals surface area (Å²) in [5.74, 6) is 0. The number of carbonyl (C=O) groups is 1. The molecule has 3 heterocycles. The van der Waals surface area contributed by atoms with Crippen LogP contribution in [-0.4, -0.2) is 52.4 Å². The van der Waals surface area contributed by atoms with E-state index >= 15 is 0 Å². The summed E-state index contributed by atoms with van der Waals surface area (Å²) in [6.45, 7) is 2.72. The molecule has 6 nitrogen and oxygen atoms in total. The maximum atomic E-state index is 12.5. The SMILES string of the molecule is Cc1cc(NC(=O)NCC2CCCN2CC(F)F)cn2ccnc12. The number of pyridine rings is 1. The zero-order chi connectivity index (χ0) is 17.1. The molecular weight excluding hydrogens is 316 g/mol. The molecule has 8 heteroatoms. The van der Waals surface area contributed by atoms with Crippen LogP contribution in [0.1, 0.15) is 18.4 Å². The molecule has 0 spiro atoms. The van der Waals surface area contributed by atoms with E-state index in [4.69, 9.17) is 0 Å². The highest BCUT2D eigenvalue weighted by molar-refractivity contribution is 5.89. The van der Waals surface area contributed by atoms with Gasteiger partial charge in [-0.3, -0.25) is 4.90 Å². The summed E-state index contributed by atoms with van der Waals surface area (Å²) in [6.07, 6.45) is 4.66. The number of fused-ring (bicyclic) bond motifs is 1. The molecule has 24 heavy (non-hydrogen) atoms. The van der Waals surface area contributed by atoms with Crippen LogP contribution in [0.5, 0.6) is 0 Å². The van der Waals surface area contributed by atoms with Gasteiger partial charge in [-0.05, 0) is 37.9 Å². The summed E-state index contributed by atoms with van der Waals surface area (Å²) in [5, 5.41) is 5.56. The molecule has 0 aliphatic carbocycles. The van der Waals surface area contributed by atoms with Crippen molar-refractivity contribution in [2.45, 2.75) is 32.2 Å². The number of hydrogen-bond acceptors (Lipinski definition) is 3. The van der Waals surface area contributed by atoms with Crippen LogP contribution in [0, 0.1) is 6.92 Å².